The van der Waals surface area contributed by atoms with Crippen LogP contribution < -0.4 is 0 Å². The van der Waals surface area contributed by atoms with Crippen molar-refractivity contribution >= 4 is 11.6 Å². The Balaban J connectivity index is 1.37. The first kappa shape index (κ1) is 27.5. The van der Waals surface area contributed by atoms with Crippen LogP contribution in [0.2, 0.25) is 0 Å². The molecule has 3 aromatic heterocycles. The minimum atomic E-state index is 0.433. The first-order chi connectivity index (χ1) is 21.7. The van der Waals surface area contributed by atoms with E-state index in [1.54, 1.807) is 12.4 Å². The lowest BCUT2D eigenvalue weighted by Gasteiger charge is -2.14. The van der Waals surface area contributed by atoms with Gasteiger partial charge in [0.05, 0.1) is 0 Å². The van der Waals surface area contributed by atoms with Gasteiger partial charge in [-0.25, -0.2) is 0 Å². The van der Waals surface area contributed by atoms with Crippen LogP contribution in [0.3, 0.4) is 0 Å². The fourth-order valence-corrected chi connectivity index (χ4v) is 5.69. The Bertz CT molecular complexity index is 1950. The van der Waals surface area contributed by atoms with Gasteiger partial charge >= 0.3 is 0 Å². The standard InChI is InChI=1S/C40H28ClN3/c41-23-28-16-40(27-44-24-28)34-11-3-10-33(19-34)39-21-37(31-8-1-6-29(17-31)35-12-4-14-42-25-35)20-38(22-39)32-9-2-7-30(18-32)36-13-5-15-43-26-36/h1-22,24-27H,23H2. The van der Waals surface area contributed by atoms with E-state index in [0.717, 1.165) is 72.3 Å². The van der Waals surface area contributed by atoms with Crippen LogP contribution in [0.25, 0.3) is 66.8 Å². The Kier molecular flexibility index (Phi) is 7.78. The lowest BCUT2D eigenvalue weighted by atomic mass is 9.90. The Labute approximate surface area is 262 Å². The summed E-state index contributed by atoms with van der Waals surface area (Å²) in [6.07, 6.45) is 11.1. The second-order valence-corrected chi connectivity index (χ2v) is 11.0. The second-order valence-electron chi connectivity index (χ2n) is 10.7. The van der Waals surface area contributed by atoms with Crippen LogP contribution in [0, 0.1) is 0 Å². The molecule has 0 radical (unpaired) electrons. The second kappa shape index (κ2) is 12.5. The molecule has 4 heteroatoms. The van der Waals surface area contributed by atoms with Gasteiger partial charge < -0.3 is 0 Å². The summed E-state index contributed by atoms with van der Waals surface area (Å²) in [4.78, 5) is 13.1. The largest absolute Gasteiger partial charge is 0.264 e. The summed E-state index contributed by atoms with van der Waals surface area (Å²) in [5.74, 6) is 0.433. The summed E-state index contributed by atoms with van der Waals surface area (Å²) >= 11 is 6.12. The van der Waals surface area contributed by atoms with Gasteiger partial charge in [0, 0.05) is 59.8 Å². The molecule has 7 aromatic rings. The Morgan fingerprint density at radius 2 is 0.705 bits per heavy atom. The molecule has 0 N–H and O–H groups in total. The van der Waals surface area contributed by atoms with Crippen molar-refractivity contribution in [1.29, 1.82) is 0 Å². The van der Waals surface area contributed by atoms with Crippen LogP contribution in [-0.4, -0.2) is 15.0 Å². The number of aromatic nitrogens is 3. The highest BCUT2D eigenvalue weighted by atomic mass is 35.5. The average molecular weight is 586 g/mol. The quantitative estimate of drug-likeness (QED) is 0.175. The van der Waals surface area contributed by atoms with Crippen molar-refractivity contribution in [1.82, 2.24) is 15.0 Å². The normalized spacial score (nSPS) is 10.9. The number of rotatable bonds is 7. The lowest BCUT2D eigenvalue weighted by molar-refractivity contribution is 1.25. The summed E-state index contributed by atoms with van der Waals surface area (Å²) in [5, 5.41) is 0. The monoisotopic (exact) mass is 585 g/mol. The van der Waals surface area contributed by atoms with E-state index in [0.29, 0.717) is 5.88 Å². The molecule has 0 atom stereocenters. The van der Waals surface area contributed by atoms with Crippen molar-refractivity contribution in [2.24, 2.45) is 0 Å². The summed E-state index contributed by atoms with van der Waals surface area (Å²) in [7, 11) is 0. The SMILES string of the molecule is ClCc1cncc(-c2cccc(-c3cc(-c4cccc(-c5cccnc5)c4)cc(-c4cccc(-c5cccnc5)c4)c3)c2)c1. The first-order valence-electron chi connectivity index (χ1n) is 14.5. The molecule has 0 fully saturated rings. The van der Waals surface area contributed by atoms with Gasteiger partial charge in [-0.3, -0.25) is 15.0 Å². The minimum absolute atomic E-state index is 0.433. The van der Waals surface area contributed by atoms with E-state index in [4.69, 9.17) is 11.6 Å². The maximum absolute atomic E-state index is 6.12. The molecule has 0 aliphatic carbocycles. The Morgan fingerprint density at radius 1 is 0.341 bits per heavy atom. The van der Waals surface area contributed by atoms with E-state index in [9.17, 15) is 0 Å². The van der Waals surface area contributed by atoms with Gasteiger partial charge in [-0.1, -0.05) is 66.7 Å². The molecule has 3 heterocycles. The van der Waals surface area contributed by atoms with Crippen molar-refractivity contribution < 1.29 is 0 Å². The summed E-state index contributed by atoms with van der Waals surface area (Å²) < 4.78 is 0. The van der Waals surface area contributed by atoms with E-state index < -0.39 is 0 Å². The maximum Gasteiger partial charge on any atom is 0.0489 e. The van der Waals surface area contributed by atoms with Crippen molar-refractivity contribution in [3.63, 3.8) is 0 Å². The van der Waals surface area contributed by atoms with Crippen molar-refractivity contribution in [2.75, 3.05) is 0 Å². The summed E-state index contributed by atoms with van der Waals surface area (Å²) in [6.45, 7) is 0. The molecule has 0 bridgehead atoms. The van der Waals surface area contributed by atoms with E-state index in [-0.39, 0.29) is 0 Å². The number of benzene rings is 4. The van der Waals surface area contributed by atoms with Crippen LogP contribution in [0.5, 0.6) is 0 Å². The summed E-state index contributed by atoms with van der Waals surface area (Å²) in [6, 6.07) is 43.1. The zero-order chi connectivity index (χ0) is 29.7. The van der Waals surface area contributed by atoms with Crippen molar-refractivity contribution in [3.8, 4) is 66.8 Å². The zero-order valence-electron chi connectivity index (χ0n) is 23.9. The van der Waals surface area contributed by atoms with Gasteiger partial charge in [0.2, 0.25) is 0 Å². The fourth-order valence-electron chi connectivity index (χ4n) is 5.55. The highest BCUT2D eigenvalue weighted by Gasteiger charge is 2.11. The third-order valence-electron chi connectivity index (χ3n) is 7.79. The van der Waals surface area contributed by atoms with Gasteiger partial charge in [0.15, 0.2) is 0 Å². The first-order valence-corrected chi connectivity index (χ1v) is 15.0. The number of halogens is 1. The van der Waals surface area contributed by atoms with Gasteiger partial charge in [0.25, 0.3) is 0 Å². The molecule has 0 saturated carbocycles. The molecule has 0 saturated heterocycles. The number of hydrogen-bond acceptors (Lipinski definition) is 3. The molecule has 3 nitrogen and oxygen atoms in total. The molecule has 7 rings (SSSR count). The maximum atomic E-state index is 6.12. The van der Waals surface area contributed by atoms with Crippen molar-refractivity contribution in [3.05, 3.63) is 164 Å². The number of pyridine rings is 3. The Hall–Kier alpha value is -5.38. The number of hydrogen-bond donors (Lipinski definition) is 0. The Morgan fingerprint density at radius 3 is 1.11 bits per heavy atom. The molecule has 0 aliphatic rings. The van der Waals surface area contributed by atoms with Gasteiger partial charge in [-0.2, -0.15) is 0 Å². The molecule has 44 heavy (non-hydrogen) atoms. The molecule has 0 unspecified atom stereocenters. The van der Waals surface area contributed by atoms with E-state index in [1.807, 2.05) is 36.9 Å². The smallest absolute Gasteiger partial charge is 0.0489 e. The zero-order valence-corrected chi connectivity index (χ0v) is 24.7. The highest BCUT2D eigenvalue weighted by Crippen LogP contribution is 2.36. The topological polar surface area (TPSA) is 38.7 Å². The number of nitrogens with zero attached hydrogens (tertiary/aromatic N) is 3. The average Bonchev–Trinajstić information content (AvgIpc) is 3.12. The van der Waals surface area contributed by atoms with E-state index in [2.05, 4.69) is 124 Å². The van der Waals surface area contributed by atoms with E-state index in [1.165, 1.54) is 0 Å². The molecular weight excluding hydrogens is 558 g/mol. The fraction of sp³-hybridized carbons (Fsp3) is 0.0250. The van der Waals surface area contributed by atoms with Crippen LogP contribution >= 0.6 is 11.6 Å². The van der Waals surface area contributed by atoms with Crippen molar-refractivity contribution in [2.45, 2.75) is 5.88 Å². The predicted octanol–water partition coefficient (Wildman–Crippen LogP) is 10.6. The van der Waals surface area contributed by atoms with Crippen LogP contribution in [0.1, 0.15) is 5.56 Å². The van der Waals surface area contributed by atoms with Crippen LogP contribution in [0.4, 0.5) is 0 Å². The van der Waals surface area contributed by atoms with Crippen LogP contribution in [-0.2, 0) is 5.88 Å². The van der Waals surface area contributed by atoms with Crippen LogP contribution in [0.15, 0.2) is 159 Å². The highest BCUT2D eigenvalue weighted by molar-refractivity contribution is 6.17. The van der Waals surface area contributed by atoms with Gasteiger partial charge in [-0.05, 0) is 110 Å². The third-order valence-corrected chi connectivity index (χ3v) is 8.10. The van der Waals surface area contributed by atoms with Gasteiger partial charge in [0.1, 0.15) is 0 Å². The molecule has 0 aliphatic heterocycles. The van der Waals surface area contributed by atoms with Gasteiger partial charge in [-0.15, -0.1) is 11.6 Å². The predicted molar refractivity (Wildman–Crippen MR) is 182 cm³/mol. The molecule has 4 aromatic carbocycles. The van der Waals surface area contributed by atoms with E-state index >= 15 is 0 Å². The molecule has 0 amide bonds. The molecule has 210 valence electrons. The third kappa shape index (κ3) is 5.92. The summed E-state index contributed by atoms with van der Waals surface area (Å²) in [5.41, 5.74) is 14.5. The molecule has 0 spiro atoms. The minimum Gasteiger partial charge on any atom is -0.264 e. The molecular formula is C40H28ClN3. The lowest BCUT2D eigenvalue weighted by Crippen LogP contribution is -1.89. The number of alkyl halides is 1.